The van der Waals surface area contributed by atoms with Crippen LogP contribution in [0.3, 0.4) is 0 Å². The van der Waals surface area contributed by atoms with Gasteiger partial charge in [0.25, 0.3) is 0 Å². The Hall–Kier alpha value is -2.55. The summed E-state index contributed by atoms with van der Waals surface area (Å²) < 4.78 is 0. The number of nitrogens with zero attached hydrogens (tertiary/aromatic N) is 3. The Morgan fingerprint density at radius 3 is 1.84 bits per heavy atom. The van der Waals surface area contributed by atoms with Crippen LogP contribution in [0.4, 0.5) is 0 Å². The van der Waals surface area contributed by atoms with Crippen molar-refractivity contribution >= 4 is 17.7 Å². The van der Waals surface area contributed by atoms with Gasteiger partial charge in [0.2, 0.25) is 5.91 Å². The third-order valence-electron chi connectivity index (χ3n) is 6.03. The molecule has 0 bridgehead atoms. The molecule has 0 fully saturated rings. The van der Waals surface area contributed by atoms with Crippen LogP contribution in [0.5, 0.6) is 0 Å². The van der Waals surface area contributed by atoms with Gasteiger partial charge in [-0.3, -0.25) is 9.69 Å². The first kappa shape index (κ1) is 23.1. The average molecular weight is 434 g/mol. The largest absolute Gasteiger partial charge is 0.303 e. The second kappa shape index (κ2) is 9.72. The fourth-order valence-electron chi connectivity index (χ4n) is 4.65. The number of benzene rings is 2. The summed E-state index contributed by atoms with van der Waals surface area (Å²) in [6.07, 6.45) is 1.95. The maximum Gasteiger partial charge on any atom is 0.247 e. The maximum absolute atomic E-state index is 14.2. The molecule has 0 aliphatic carbocycles. The van der Waals surface area contributed by atoms with Gasteiger partial charge >= 0.3 is 0 Å². The van der Waals surface area contributed by atoms with Crippen LogP contribution in [0.2, 0.25) is 0 Å². The van der Waals surface area contributed by atoms with Gasteiger partial charge in [0.15, 0.2) is 0 Å². The molecule has 0 N–H and O–H groups in total. The molecule has 1 aliphatic rings. The smallest absolute Gasteiger partial charge is 0.247 e. The monoisotopic (exact) mass is 433 g/mol. The Bertz CT molecular complexity index is 929. The van der Waals surface area contributed by atoms with Crippen molar-refractivity contribution in [1.82, 2.24) is 9.80 Å². The first-order valence-corrected chi connectivity index (χ1v) is 12.0. The fourth-order valence-corrected chi connectivity index (χ4v) is 5.45. The van der Waals surface area contributed by atoms with Crippen LogP contribution in [0.15, 0.2) is 71.3 Å². The first-order valence-electron chi connectivity index (χ1n) is 10.8. The van der Waals surface area contributed by atoms with Gasteiger partial charge in [-0.05, 0) is 45.1 Å². The Labute approximate surface area is 190 Å². The van der Waals surface area contributed by atoms with Crippen LogP contribution in [0, 0.1) is 11.3 Å². The third kappa shape index (κ3) is 4.03. The van der Waals surface area contributed by atoms with Crippen molar-refractivity contribution in [1.29, 1.82) is 5.26 Å². The molecule has 2 aromatic rings. The van der Waals surface area contributed by atoms with E-state index in [9.17, 15) is 10.1 Å². The lowest BCUT2D eigenvalue weighted by Gasteiger charge is -2.34. The number of hydrogen-bond donors (Lipinski definition) is 0. The maximum atomic E-state index is 14.2. The molecule has 1 heterocycles. The number of carbonyl (C=O) groups excluding carboxylic acids is 1. The molecule has 1 amide bonds. The van der Waals surface area contributed by atoms with Crippen LogP contribution in [-0.4, -0.2) is 47.1 Å². The summed E-state index contributed by atoms with van der Waals surface area (Å²) in [6, 6.07) is 22.6. The summed E-state index contributed by atoms with van der Waals surface area (Å²) in [7, 11) is 0. The molecule has 0 atom stereocenters. The molecular weight excluding hydrogens is 402 g/mol. The molecule has 0 unspecified atom stereocenters. The van der Waals surface area contributed by atoms with E-state index in [-0.39, 0.29) is 5.91 Å². The summed E-state index contributed by atoms with van der Waals surface area (Å²) >= 11 is 1.48. The van der Waals surface area contributed by atoms with Crippen LogP contribution in [0.1, 0.15) is 38.8 Å². The van der Waals surface area contributed by atoms with E-state index in [1.807, 2.05) is 71.8 Å². The molecule has 0 saturated carbocycles. The van der Waals surface area contributed by atoms with E-state index in [4.69, 9.17) is 0 Å². The molecule has 5 heteroatoms. The van der Waals surface area contributed by atoms with E-state index in [0.29, 0.717) is 24.2 Å². The van der Waals surface area contributed by atoms with Gasteiger partial charge in [-0.15, -0.1) is 11.8 Å². The second-order valence-corrected chi connectivity index (χ2v) is 9.16. The van der Waals surface area contributed by atoms with Crippen molar-refractivity contribution in [3.05, 3.63) is 82.4 Å². The highest BCUT2D eigenvalue weighted by Gasteiger charge is 2.55. The molecule has 0 radical (unpaired) electrons. The minimum atomic E-state index is -1.11. The highest BCUT2D eigenvalue weighted by atomic mass is 32.2. The summed E-state index contributed by atoms with van der Waals surface area (Å²) in [5, 5.41) is 11.1. The van der Waals surface area contributed by atoms with Crippen molar-refractivity contribution in [3.8, 4) is 6.07 Å². The summed E-state index contributed by atoms with van der Waals surface area (Å²) in [5.74, 6) is -0.0433. The lowest BCUT2D eigenvalue weighted by molar-refractivity contribution is -0.130. The van der Waals surface area contributed by atoms with Gasteiger partial charge in [-0.1, -0.05) is 60.7 Å². The van der Waals surface area contributed by atoms with Crippen molar-refractivity contribution in [3.63, 3.8) is 0 Å². The fraction of sp³-hybridized carbons (Fsp3) is 0.385. The quantitative estimate of drug-likeness (QED) is 0.586. The highest BCUT2D eigenvalue weighted by Crippen LogP contribution is 2.49. The zero-order valence-electron chi connectivity index (χ0n) is 19.0. The van der Waals surface area contributed by atoms with E-state index in [1.54, 1.807) is 0 Å². The molecule has 3 rings (SSSR count). The van der Waals surface area contributed by atoms with Crippen molar-refractivity contribution < 1.29 is 4.79 Å². The predicted octanol–water partition coefficient (Wildman–Crippen LogP) is 5.03. The molecule has 1 aliphatic heterocycles. The number of amides is 1. The number of thioether (sulfide) groups is 1. The van der Waals surface area contributed by atoms with Crippen LogP contribution in [0.25, 0.3) is 0 Å². The molecule has 2 aromatic carbocycles. The van der Waals surface area contributed by atoms with Crippen molar-refractivity contribution in [2.75, 3.05) is 19.3 Å². The average Bonchev–Trinajstić information content (AvgIpc) is 3.02. The van der Waals surface area contributed by atoms with Gasteiger partial charge in [-0.25, -0.2) is 0 Å². The Kier molecular flexibility index (Phi) is 7.25. The zero-order valence-corrected chi connectivity index (χ0v) is 19.8. The molecule has 162 valence electrons. The number of carbonyl (C=O) groups is 1. The van der Waals surface area contributed by atoms with Gasteiger partial charge in [0.1, 0.15) is 5.41 Å². The highest BCUT2D eigenvalue weighted by molar-refractivity contribution is 8.02. The van der Waals surface area contributed by atoms with Crippen molar-refractivity contribution in [2.24, 2.45) is 0 Å². The molecule has 0 saturated heterocycles. The number of hydrogen-bond acceptors (Lipinski definition) is 4. The lowest BCUT2D eigenvalue weighted by atomic mass is 9.70. The Balaban J connectivity index is 2.16. The SMILES string of the molecule is CSC1=C(C#N)C(c2ccccc2)(c2ccccc2)C(=O)N1CCN(C(C)C)C(C)C. The molecule has 4 nitrogen and oxygen atoms in total. The van der Waals surface area contributed by atoms with E-state index in [0.717, 1.165) is 22.7 Å². The van der Waals surface area contributed by atoms with Crippen LogP contribution < -0.4 is 0 Å². The molecule has 0 aromatic heterocycles. The number of nitriles is 1. The summed E-state index contributed by atoms with van der Waals surface area (Å²) in [5.41, 5.74) is 1.07. The van der Waals surface area contributed by atoms with Gasteiger partial charge in [0.05, 0.1) is 16.7 Å². The van der Waals surface area contributed by atoms with Crippen molar-refractivity contribution in [2.45, 2.75) is 45.2 Å². The second-order valence-electron chi connectivity index (χ2n) is 8.36. The zero-order chi connectivity index (χ0) is 22.6. The lowest BCUT2D eigenvalue weighted by Crippen LogP contribution is -2.46. The third-order valence-corrected chi connectivity index (χ3v) is 6.84. The minimum Gasteiger partial charge on any atom is -0.303 e. The van der Waals surface area contributed by atoms with Gasteiger partial charge in [-0.2, -0.15) is 5.26 Å². The molecular formula is C26H31N3OS. The van der Waals surface area contributed by atoms with E-state index < -0.39 is 5.41 Å². The van der Waals surface area contributed by atoms with E-state index in [1.165, 1.54) is 11.8 Å². The summed E-state index contributed by atoms with van der Waals surface area (Å²) in [4.78, 5) is 18.4. The number of rotatable bonds is 8. The summed E-state index contributed by atoms with van der Waals surface area (Å²) in [6.45, 7) is 10.0. The standard InChI is InChI=1S/C26H31N3OS/c1-19(2)28(20(3)4)16-17-29-24(31-5)23(18-27)26(25(29)30,21-12-8-6-9-13-21)22-14-10-7-11-15-22/h6-15,19-20H,16-17H2,1-5H3. The topological polar surface area (TPSA) is 47.3 Å². The van der Waals surface area contributed by atoms with E-state index >= 15 is 0 Å². The van der Waals surface area contributed by atoms with Gasteiger partial charge in [0, 0.05) is 25.2 Å². The van der Waals surface area contributed by atoms with E-state index in [2.05, 4.69) is 38.7 Å². The minimum absolute atomic E-state index is 0.0433. The first-order chi connectivity index (χ1) is 14.9. The molecule has 31 heavy (non-hydrogen) atoms. The van der Waals surface area contributed by atoms with Crippen LogP contribution in [-0.2, 0) is 10.2 Å². The predicted molar refractivity (Wildman–Crippen MR) is 129 cm³/mol. The Morgan fingerprint density at radius 2 is 1.45 bits per heavy atom. The van der Waals surface area contributed by atoms with Gasteiger partial charge < -0.3 is 4.90 Å². The Morgan fingerprint density at radius 1 is 0.968 bits per heavy atom. The van der Waals surface area contributed by atoms with Crippen LogP contribution >= 0.6 is 11.8 Å². The normalized spacial score (nSPS) is 16.0. The molecule has 0 spiro atoms.